The summed E-state index contributed by atoms with van der Waals surface area (Å²) in [4.78, 5) is 24.0. The topological polar surface area (TPSA) is 91.0 Å². The summed E-state index contributed by atoms with van der Waals surface area (Å²) in [6.07, 6.45) is 0.505. The quantitative estimate of drug-likeness (QED) is 0.787. The fourth-order valence-corrected chi connectivity index (χ4v) is 1.84. The average molecular weight is 239 g/mol. The van der Waals surface area contributed by atoms with Crippen LogP contribution in [0.15, 0.2) is 16.5 Å². The van der Waals surface area contributed by atoms with E-state index in [1.807, 2.05) is 0 Å². The Morgan fingerprint density at radius 1 is 1.41 bits per heavy atom. The molecular weight excluding hydrogens is 226 g/mol. The molecule has 1 aromatic heterocycles. The monoisotopic (exact) mass is 239 g/mol. The van der Waals surface area contributed by atoms with Crippen LogP contribution in [0.5, 0.6) is 0 Å². The van der Waals surface area contributed by atoms with Crippen molar-refractivity contribution in [2.75, 3.05) is 13.1 Å². The van der Waals surface area contributed by atoms with Crippen LogP contribution in [0.2, 0.25) is 0 Å². The Balaban J connectivity index is 2.12. The van der Waals surface area contributed by atoms with E-state index in [4.69, 9.17) is 9.52 Å². The predicted octanol–water partition coefficient (Wildman–Crippen LogP) is 0.575. The lowest BCUT2D eigenvalue weighted by atomic mass is 10.1. The zero-order valence-electron chi connectivity index (χ0n) is 9.34. The highest BCUT2D eigenvalue weighted by Crippen LogP contribution is 2.22. The van der Waals surface area contributed by atoms with Crippen LogP contribution in [0.25, 0.3) is 0 Å². The molecule has 1 saturated heterocycles. The Morgan fingerprint density at radius 2 is 2.06 bits per heavy atom. The number of carboxylic acids is 1. The average Bonchev–Trinajstić information content (AvgIpc) is 2.83. The van der Waals surface area contributed by atoms with Gasteiger partial charge in [-0.05, 0) is 25.5 Å². The number of aliphatic hydroxyl groups is 1. The summed E-state index contributed by atoms with van der Waals surface area (Å²) >= 11 is 0. The van der Waals surface area contributed by atoms with E-state index >= 15 is 0 Å². The molecule has 1 aliphatic rings. The van der Waals surface area contributed by atoms with Gasteiger partial charge < -0.3 is 19.5 Å². The Labute approximate surface area is 97.4 Å². The van der Waals surface area contributed by atoms with E-state index in [1.54, 1.807) is 6.92 Å². The van der Waals surface area contributed by atoms with Crippen LogP contribution in [-0.4, -0.2) is 45.7 Å². The lowest BCUT2D eigenvalue weighted by Gasteiger charge is -2.17. The molecule has 0 aliphatic carbocycles. The number of likely N-dealkylation sites (tertiary alicyclic amines) is 1. The van der Waals surface area contributed by atoms with E-state index in [-0.39, 0.29) is 18.1 Å². The number of furan rings is 1. The summed E-state index contributed by atoms with van der Waals surface area (Å²) in [5.74, 6) is -1.88. The van der Waals surface area contributed by atoms with Crippen LogP contribution in [0.4, 0.5) is 0 Å². The molecule has 1 aromatic rings. The molecule has 0 radical (unpaired) electrons. The summed E-state index contributed by atoms with van der Waals surface area (Å²) in [6.45, 7) is 2.33. The molecular formula is C11H13NO5. The highest BCUT2D eigenvalue weighted by molar-refractivity contribution is 5.93. The Hall–Kier alpha value is -1.82. The third-order valence-corrected chi connectivity index (χ3v) is 2.77. The maximum absolute atomic E-state index is 11.9. The van der Waals surface area contributed by atoms with Crippen molar-refractivity contribution in [3.8, 4) is 0 Å². The van der Waals surface area contributed by atoms with Gasteiger partial charge in [-0.2, -0.15) is 0 Å². The molecule has 1 atom stereocenters. The minimum Gasteiger partial charge on any atom is -0.475 e. The Morgan fingerprint density at radius 3 is 2.53 bits per heavy atom. The lowest BCUT2D eigenvalue weighted by Crippen LogP contribution is -2.33. The van der Waals surface area contributed by atoms with Gasteiger partial charge in [-0.3, -0.25) is 4.79 Å². The number of amides is 1. The van der Waals surface area contributed by atoms with Gasteiger partial charge in [-0.1, -0.05) is 0 Å². The first-order valence-electron chi connectivity index (χ1n) is 5.24. The van der Waals surface area contributed by atoms with E-state index in [9.17, 15) is 14.7 Å². The molecule has 0 aromatic carbocycles. The third-order valence-electron chi connectivity index (χ3n) is 2.77. The minimum atomic E-state index is -1.21. The number of hydrogen-bond acceptors (Lipinski definition) is 4. The molecule has 1 aliphatic heterocycles. The number of nitrogens with zero attached hydrogens (tertiary/aromatic N) is 1. The number of aromatic carboxylic acids is 1. The van der Waals surface area contributed by atoms with Gasteiger partial charge in [0.1, 0.15) is 0 Å². The Bertz CT molecular complexity index is 462. The van der Waals surface area contributed by atoms with Gasteiger partial charge in [0.25, 0.3) is 5.91 Å². The van der Waals surface area contributed by atoms with Gasteiger partial charge in [0.05, 0.1) is 5.60 Å². The van der Waals surface area contributed by atoms with Gasteiger partial charge in [-0.25, -0.2) is 4.79 Å². The number of rotatable bonds is 2. The van der Waals surface area contributed by atoms with E-state index in [2.05, 4.69) is 0 Å². The number of hydrogen-bond donors (Lipinski definition) is 2. The van der Waals surface area contributed by atoms with E-state index in [1.165, 1.54) is 17.0 Å². The fourth-order valence-electron chi connectivity index (χ4n) is 1.84. The molecule has 92 valence electrons. The van der Waals surface area contributed by atoms with Crippen LogP contribution >= 0.6 is 0 Å². The molecule has 1 amide bonds. The zero-order chi connectivity index (χ0) is 12.6. The van der Waals surface area contributed by atoms with Crippen LogP contribution in [-0.2, 0) is 0 Å². The summed E-state index contributed by atoms with van der Waals surface area (Å²) in [6, 6.07) is 2.57. The Kier molecular flexibility index (Phi) is 2.66. The molecule has 0 saturated carbocycles. The van der Waals surface area contributed by atoms with E-state index < -0.39 is 17.5 Å². The number of carbonyl (C=O) groups excluding carboxylic acids is 1. The summed E-state index contributed by atoms with van der Waals surface area (Å²) in [5, 5.41) is 18.4. The van der Waals surface area contributed by atoms with Crippen LogP contribution < -0.4 is 0 Å². The first kappa shape index (κ1) is 11.7. The fraction of sp³-hybridized carbons (Fsp3) is 0.455. The highest BCUT2D eigenvalue weighted by Gasteiger charge is 2.35. The molecule has 2 rings (SSSR count). The lowest BCUT2D eigenvalue weighted by molar-refractivity contribution is 0.0547. The third kappa shape index (κ3) is 2.31. The van der Waals surface area contributed by atoms with Gasteiger partial charge in [0, 0.05) is 13.1 Å². The van der Waals surface area contributed by atoms with Crippen molar-refractivity contribution >= 4 is 11.9 Å². The predicted molar refractivity (Wildman–Crippen MR) is 56.8 cm³/mol. The van der Waals surface area contributed by atoms with Gasteiger partial charge in [0.15, 0.2) is 5.76 Å². The number of carbonyl (C=O) groups is 2. The zero-order valence-corrected chi connectivity index (χ0v) is 9.34. The first-order valence-corrected chi connectivity index (χ1v) is 5.24. The molecule has 2 heterocycles. The van der Waals surface area contributed by atoms with Crippen molar-refractivity contribution in [1.82, 2.24) is 4.90 Å². The van der Waals surface area contributed by atoms with Crippen molar-refractivity contribution in [1.29, 1.82) is 0 Å². The second-order valence-electron chi connectivity index (χ2n) is 4.44. The second-order valence-corrected chi connectivity index (χ2v) is 4.44. The maximum Gasteiger partial charge on any atom is 0.371 e. The molecule has 2 N–H and O–H groups in total. The standard InChI is InChI=1S/C11H13NO5/c1-11(16)4-5-12(6-11)9(13)7-2-3-8(17-7)10(14)15/h2-3,16H,4-6H2,1H3,(H,14,15). The normalized spacial score (nSPS) is 24.0. The molecule has 6 heteroatoms. The summed E-state index contributed by atoms with van der Waals surface area (Å²) in [5.41, 5.74) is -0.877. The summed E-state index contributed by atoms with van der Waals surface area (Å²) < 4.78 is 4.92. The van der Waals surface area contributed by atoms with Crippen LogP contribution in [0, 0.1) is 0 Å². The molecule has 1 fully saturated rings. The van der Waals surface area contributed by atoms with E-state index in [0.29, 0.717) is 13.0 Å². The van der Waals surface area contributed by atoms with Crippen molar-refractivity contribution in [3.05, 3.63) is 23.7 Å². The van der Waals surface area contributed by atoms with Gasteiger partial charge in [0.2, 0.25) is 5.76 Å². The molecule has 0 bridgehead atoms. The molecule has 17 heavy (non-hydrogen) atoms. The van der Waals surface area contributed by atoms with Crippen LogP contribution in [0.3, 0.4) is 0 Å². The number of β-amino-alcohol motifs (C(OH)–C–C–N with tert-alkyl or cyclic N) is 1. The smallest absolute Gasteiger partial charge is 0.371 e. The largest absolute Gasteiger partial charge is 0.475 e. The van der Waals surface area contributed by atoms with Crippen LogP contribution in [0.1, 0.15) is 34.5 Å². The van der Waals surface area contributed by atoms with Gasteiger partial charge >= 0.3 is 5.97 Å². The van der Waals surface area contributed by atoms with Crippen molar-refractivity contribution in [2.24, 2.45) is 0 Å². The molecule has 0 spiro atoms. The molecule has 1 unspecified atom stereocenters. The second kappa shape index (κ2) is 3.89. The highest BCUT2D eigenvalue weighted by atomic mass is 16.4. The van der Waals surface area contributed by atoms with Crippen molar-refractivity contribution in [2.45, 2.75) is 18.9 Å². The van der Waals surface area contributed by atoms with Gasteiger partial charge in [-0.15, -0.1) is 0 Å². The van der Waals surface area contributed by atoms with E-state index in [0.717, 1.165) is 0 Å². The first-order chi connectivity index (χ1) is 7.89. The van der Waals surface area contributed by atoms with Crippen molar-refractivity contribution in [3.63, 3.8) is 0 Å². The van der Waals surface area contributed by atoms with Crippen molar-refractivity contribution < 1.29 is 24.2 Å². The maximum atomic E-state index is 11.9. The summed E-state index contributed by atoms with van der Waals surface area (Å²) in [7, 11) is 0. The SMILES string of the molecule is CC1(O)CCN(C(=O)c2ccc(C(=O)O)o2)C1. The minimum absolute atomic E-state index is 0.0138. The number of carboxylic acid groups (broad SMARTS) is 1. The molecule has 6 nitrogen and oxygen atoms in total.